The van der Waals surface area contributed by atoms with Crippen molar-refractivity contribution in [2.75, 3.05) is 13.2 Å². The van der Waals surface area contributed by atoms with Crippen LogP contribution in [0.2, 0.25) is 0 Å². The third-order valence-corrected chi connectivity index (χ3v) is 15.7. The maximum Gasteiger partial charge on any atom is 0.305 e. The van der Waals surface area contributed by atoms with Gasteiger partial charge in [0.05, 0.1) is 25.4 Å². The van der Waals surface area contributed by atoms with Gasteiger partial charge in [-0.15, -0.1) is 0 Å². The van der Waals surface area contributed by atoms with Crippen LogP contribution in [0.1, 0.15) is 373 Å². The quantitative estimate of drug-likeness (QED) is 0.0320. The number of ether oxygens (including phenoxy) is 1. The second-order valence-corrected chi connectivity index (χ2v) is 23.2. The molecule has 2 atom stereocenters. The number of unbranched alkanes of at least 4 members (excludes halogenated alkanes) is 48. The Morgan fingerprint density at radius 2 is 0.703 bits per heavy atom. The predicted octanol–water partition coefficient (Wildman–Crippen LogP) is 21.4. The van der Waals surface area contributed by atoms with Crippen molar-refractivity contribution in [3.63, 3.8) is 0 Å². The van der Waals surface area contributed by atoms with Gasteiger partial charge >= 0.3 is 5.97 Å². The van der Waals surface area contributed by atoms with Crippen LogP contribution in [0, 0.1) is 0 Å². The van der Waals surface area contributed by atoms with Crippen LogP contribution >= 0.6 is 0 Å². The number of amides is 1. The largest absolute Gasteiger partial charge is 0.466 e. The molecule has 0 aliphatic rings. The average molecular weight is 1040 g/mol. The van der Waals surface area contributed by atoms with E-state index in [0.717, 1.165) is 51.4 Å². The van der Waals surface area contributed by atoms with Crippen LogP contribution < -0.4 is 5.32 Å². The number of rotatable bonds is 63. The molecule has 0 heterocycles. The van der Waals surface area contributed by atoms with Gasteiger partial charge in [-0.2, -0.15) is 0 Å². The number of carbonyl (C=O) groups is 2. The molecule has 0 bridgehead atoms. The SMILES string of the molecule is CCC/C=C\C/C=C\CCCCCCCC(=O)OCCCCCCCCCCCCCCCCCCCCCCCCCCCCCCCC(=O)NC(CO)C(O)CCCCCCCCCCCCCCCCC. The molecule has 0 radical (unpaired) electrons. The predicted molar refractivity (Wildman–Crippen MR) is 324 cm³/mol. The van der Waals surface area contributed by atoms with Crippen molar-refractivity contribution in [3.05, 3.63) is 24.3 Å². The molecule has 0 aromatic carbocycles. The van der Waals surface area contributed by atoms with Crippen molar-refractivity contribution >= 4 is 11.9 Å². The molecular formula is C68H131NO5. The van der Waals surface area contributed by atoms with Gasteiger partial charge in [-0.25, -0.2) is 0 Å². The molecule has 74 heavy (non-hydrogen) atoms. The second-order valence-electron chi connectivity index (χ2n) is 23.2. The van der Waals surface area contributed by atoms with E-state index in [9.17, 15) is 19.8 Å². The lowest BCUT2D eigenvalue weighted by atomic mass is 10.0. The molecule has 0 rings (SSSR count). The number of hydrogen-bond donors (Lipinski definition) is 3. The van der Waals surface area contributed by atoms with Gasteiger partial charge in [0.15, 0.2) is 0 Å². The van der Waals surface area contributed by atoms with Crippen LogP contribution in [0.25, 0.3) is 0 Å². The monoisotopic (exact) mass is 1040 g/mol. The van der Waals surface area contributed by atoms with Crippen molar-refractivity contribution in [1.29, 1.82) is 0 Å². The van der Waals surface area contributed by atoms with Gasteiger partial charge in [-0.1, -0.05) is 334 Å². The highest BCUT2D eigenvalue weighted by molar-refractivity contribution is 5.76. The number of aliphatic hydroxyl groups excluding tert-OH is 2. The molecule has 0 saturated heterocycles. The first kappa shape index (κ1) is 72.3. The fraction of sp³-hybridized carbons (Fsp3) is 0.912. The smallest absolute Gasteiger partial charge is 0.305 e. The Hall–Kier alpha value is -1.66. The molecule has 0 aliphatic heterocycles. The summed E-state index contributed by atoms with van der Waals surface area (Å²) in [5, 5.41) is 23.3. The summed E-state index contributed by atoms with van der Waals surface area (Å²) < 4.78 is 5.48. The van der Waals surface area contributed by atoms with Gasteiger partial charge in [0, 0.05) is 12.8 Å². The Labute approximate surface area is 462 Å². The number of nitrogens with one attached hydrogen (secondary N) is 1. The van der Waals surface area contributed by atoms with Crippen LogP contribution in [0.4, 0.5) is 0 Å². The standard InChI is InChI=1S/C68H131NO5/c1-3-5-7-9-11-13-15-17-33-37-40-44-48-52-56-60-66(71)65(64-70)69-67(72)61-57-53-49-45-41-38-34-31-29-27-25-23-21-19-18-20-22-24-26-28-30-32-35-39-43-47-51-55-59-63-74-68(73)62-58-54-50-46-42-36-16-14-12-10-8-6-4-2/h8,10,14,16,65-66,70-71H,3-7,9,11-13,15,17-64H2,1-2H3,(H,69,72)/b10-8-,16-14-. The molecule has 0 aromatic rings. The molecule has 0 saturated carbocycles. The topological polar surface area (TPSA) is 95.9 Å². The van der Waals surface area contributed by atoms with E-state index >= 15 is 0 Å². The summed E-state index contributed by atoms with van der Waals surface area (Å²) in [6, 6.07) is -0.538. The Bertz CT molecular complexity index is 1150. The van der Waals surface area contributed by atoms with Gasteiger partial charge in [0.2, 0.25) is 5.91 Å². The van der Waals surface area contributed by atoms with Crippen molar-refractivity contribution in [1.82, 2.24) is 5.32 Å². The Morgan fingerprint density at radius 1 is 0.378 bits per heavy atom. The van der Waals surface area contributed by atoms with E-state index in [1.165, 1.54) is 289 Å². The Balaban J connectivity index is 3.33. The second kappa shape index (κ2) is 63.9. The van der Waals surface area contributed by atoms with E-state index < -0.39 is 12.1 Å². The highest BCUT2D eigenvalue weighted by Crippen LogP contribution is 2.19. The van der Waals surface area contributed by atoms with E-state index in [0.29, 0.717) is 25.9 Å². The van der Waals surface area contributed by atoms with Gasteiger partial charge in [0.25, 0.3) is 0 Å². The number of aliphatic hydroxyl groups is 2. The maximum atomic E-state index is 12.5. The summed E-state index contributed by atoms with van der Waals surface area (Å²) >= 11 is 0. The summed E-state index contributed by atoms with van der Waals surface area (Å²) in [7, 11) is 0. The molecule has 438 valence electrons. The van der Waals surface area contributed by atoms with Crippen LogP contribution in [-0.2, 0) is 14.3 Å². The molecule has 3 N–H and O–H groups in total. The molecule has 0 aliphatic carbocycles. The van der Waals surface area contributed by atoms with E-state index in [1.54, 1.807) is 0 Å². The minimum Gasteiger partial charge on any atom is -0.466 e. The lowest BCUT2D eigenvalue weighted by molar-refractivity contribution is -0.143. The summed E-state index contributed by atoms with van der Waals surface area (Å²) in [4.78, 5) is 24.5. The van der Waals surface area contributed by atoms with Crippen molar-refractivity contribution in [3.8, 4) is 0 Å². The van der Waals surface area contributed by atoms with E-state index in [1.807, 2.05) is 0 Å². The van der Waals surface area contributed by atoms with Gasteiger partial charge < -0.3 is 20.3 Å². The fourth-order valence-corrected chi connectivity index (χ4v) is 10.6. The molecular weight excluding hydrogens is 911 g/mol. The third kappa shape index (κ3) is 59.6. The molecule has 1 amide bonds. The van der Waals surface area contributed by atoms with E-state index in [4.69, 9.17) is 4.74 Å². The minimum atomic E-state index is -0.661. The fourth-order valence-electron chi connectivity index (χ4n) is 10.6. The number of carbonyl (C=O) groups excluding carboxylic acids is 2. The van der Waals surface area contributed by atoms with Gasteiger partial charge in [-0.05, 0) is 51.4 Å². The molecule has 6 heteroatoms. The lowest BCUT2D eigenvalue weighted by Gasteiger charge is -2.22. The Kier molecular flexibility index (Phi) is 62.4. The number of hydrogen-bond acceptors (Lipinski definition) is 5. The number of esters is 1. The summed E-state index contributed by atoms with van der Waals surface area (Å²) in [6.45, 7) is 4.91. The zero-order chi connectivity index (χ0) is 53.6. The van der Waals surface area contributed by atoms with Crippen LogP contribution in [0.5, 0.6) is 0 Å². The van der Waals surface area contributed by atoms with Crippen LogP contribution in [-0.4, -0.2) is 47.4 Å². The van der Waals surface area contributed by atoms with Gasteiger partial charge in [0.1, 0.15) is 0 Å². The zero-order valence-electron chi connectivity index (χ0n) is 50.1. The minimum absolute atomic E-state index is 0.00448. The zero-order valence-corrected chi connectivity index (χ0v) is 50.1. The van der Waals surface area contributed by atoms with E-state index in [2.05, 4.69) is 43.5 Å². The van der Waals surface area contributed by atoms with E-state index in [-0.39, 0.29) is 18.5 Å². The molecule has 0 spiro atoms. The molecule has 0 fully saturated rings. The Morgan fingerprint density at radius 3 is 1.08 bits per heavy atom. The van der Waals surface area contributed by atoms with Crippen molar-refractivity contribution in [2.45, 2.75) is 386 Å². The maximum absolute atomic E-state index is 12.5. The molecule has 0 aromatic heterocycles. The normalized spacial score (nSPS) is 12.6. The lowest BCUT2D eigenvalue weighted by Crippen LogP contribution is -2.45. The van der Waals surface area contributed by atoms with Crippen molar-refractivity contribution < 1.29 is 24.5 Å². The average Bonchev–Trinajstić information content (AvgIpc) is 3.40. The summed E-state index contributed by atoms with van der Waals surface area (Å²) in [5.74, 6) is -0.0244. The number of allylic oxidation sites excluding steroid dienone is 4. The van der Waals surface area contributed by atoms with Crippen LogP contribution in [0.3, 0.4) is 0 Å². The van der Waals surface area contributed by atoms with Gasteiger partial charge in [-0.3, -0.25) is 9.59 Å². The first-order valence-corrected chi connectivity index (χ1v) is 33.6. The molecule has 6 nitrogen and oxygen atoms in total. The summed E-state index contributed by atoms with van der Waals surface area (Å²) in [6.07, 6.45) is 79.3. The highest BCUT2D eigenvalue weighted by atomic mass is 16.5. The first-order valence-electron chi connectivity index (χ1n) is 33.6. The highest BCUT2D eigenvalue weighted by Gasteiger charge is 2.20. The summed E-state index contributed by atoms with van der Waals surface area (Å²) in [5.41, 5.74) is 0. The first-order chi connectivity index (χ1) is 36.5. The van der Waals surface area contributed by atoms with Crippen LogP contribution in [0.15, 0.2) is 24.3 Å². The molecule has 2 unspecified atom stereocenters. The third-order valence-electron chi connectivity index (χ3n) is 15.7. The van der Waals surface area contributed by atoms with Crippen molar-refractivity contribution in [2.24, 2.45) is 0 Å².